The minimum atomic E-state index is -0.0614. The van der Waals surface area contributed by atoms with Gasteiger partial charge in [-0.1, -0.05) is 22.0 Å². The van der Waals surface area contributed by atoms with Crippen molar-refractivity contribution in [2.24, 2.45) is 0 Å². The molecule has 138 valence electrons. The molecule has 2 rings (SSSR count). The van der Waals surface area contributed by atoms with Gasteiger partial charge < -0.3 is 14.8 Å². The summed E-state index contributed by atoms with van der Waals surface area (Å²) in [5.74, 6) is 0.968. The molecule has 0 aromatic heterocycles. The standard InChI is InChI=1S/C20H22BrNO4/c1-13-6-8-16(21)12-17(13)22-20(24)5-4-10-26-18-9-7-15(14(2)23)11-19(18)25-3/h6-9,11-12H,4-5,10H2,1-3H3,(H,22,24). The van der Waals surface area contributed by atoms with Crippen LogP contribution < -0.4 is 14.8 Å². The number of rotatable bonds is 8. The van der Waals surface area contributed by atoms with Gasteiger partial charge in [0.1, 0.15) is 0 Å². The van der Waals surface area contributed by atoms with Gasteiger partial charge >= 0.3 is 0 Å². The minimum Gasteiger partial charge on any atom is -0.493 e. The van der Waals surface area contributed by atoms with Gasteiger partial charge in [0.25, 0.3) is 0 Å². The van der Waals surface area contributed by atoms with E-state index in [1.165, 1.54) is 14.0 Å². The lowest BCUT2D eigenvalue weighted by molar-refractivity contribution is -0.116. The molecule has 0 aliphatic heterocycles. The normalized spacial score (nSPS) is 10.3. The molecule has 26 heavy (non-hydrogen) atoms. The molecule has 0 aliphatic carbocycles. The summed E-state index contributed by atoms with van der Waals surface area (Å²) in [5, 5.41) is 2.91. The molecular weight excluding hydrogens is 398 g/mol. The van der Waals surface area contributed by atoms with Crippen molar-refractivity contribution in [3.63, 3.8) is 0 Å². The van der Waals surface area contributed by atoms with E-state index in [0.29, 0.717) is 36.5 Å². The molecule has 0 atom stereocenters. The lowest BCUT2D eigenvalue weighted by Crippen LogP contribution is -2.13. The van der Waals surface area contributed by atoms with Gasteiger partial charge in [0.2, 0.25) is 5.91 Å². The second-order valence-corrected chi connectivity index (χ2v) is 6.80. The summed E-state index contributed by atoms with van der Waals surface area (Å²) in [6, 6.07) is 10.8. The number of carbonyl (C=O) groups is 2. The second-order valence-electron chi connectivity index (χ2n) is 5.88. The second kappa shape index (κ2) is 9.38. The summed E-state index contributed by atoms with van der Waals surface area (Å²) in [7, 11) is 1.53. The van der Waals surface area contributed by atoms with Crippen molar-refractivity contribution in [3.05, 3.63) is 52.0 Å². The Morgan fingerprint density at radius 1 is 1.12 bits per heavy atom. The van der Waals surface area contributed by atoms with Crippen molar-refractivity contribution in [3.8, 4) is 11.5 Å². The lowest BCUT2D eigenvalue weighted by atomic mass is 10.1. The Labute approximate surface area is 161 Å². The highest BCUT2D eigenvalue weighted by molar-refractivity contribution is 9.10. The Morgan fingerprint density at radius 3 is 2.58 bits per heavy atom. The number of hydrogen-bond acceptors (Lipinski definition) is 4. The molecule has 0 bridgehead atoms. The molecule has 0 aliphatic rings. The summed E-state index contributed by atoms with van der Waals surface area (Å²) >= 11 is 3.40. The summed E-state index contributed by atoms with van der Waals surface area (Å²) < 4.78 is 11.9. The van der Waals surface area contributed by atoms with Crippen LogP contribution in [0.25, 0.3) is 0 Å². The van der Waals surface area contributed by atoms with E-state index in [0.717, 1.165) is 15.7 Å². The van der Waals surface area contributed by atoms with Crippen LogP contribution in [-0.4, -0.2) is 25.4 Å². The highest BCUT2D eigenvalue weighted by Crippen LogP contribution is 2.28. The van der Waals surface area contributed by atoms with Crippen molar-refractivity contribution >= 4 is 33.3 Å². The Bertz CT molecular complexity index is 804. The Hall–Kier alpha value is -2.34. The summed E-state index contributed by atoms with van der Waals surface area (Å²) in [6.07, 6.45) is 0.913. The summed E-state index contributed by atoms with van der Waals surface area (Å²) in [4.78, 5) is 23.5. The Kier molecular flexibility index (Phi) is 7.21. The van der Waals surface area contributed by atoms with E-state index in [4.69, 9.17) is 9.47 Å². The number of benzene rings is 2. The number of hydrogen-bond donors (Lipinski definition) is 1. The van der Waals surface area contributed by atoms with Gasteiger partial charge in [-0.05, 0) is 56.2 Å². The van der Waals surface area contributed by atoms with Gasteiger partial charge in [-0.15, -0.1) is 0 Å². The number of ketones is 1. The van der Waals surface area contributed by atoms with E-state index >= 15 is 0 Å². The van der Waals surface area contributed by atoms with Gasteiger partial charge in [-0.3, -0.25) is 9.59 Å². The minimum absolute atomic E-state index is 0.0330. The molecule has 0 unspecified atom stereocenters. The van der Waals surface area contributed by atoms with Crippen molar-refractivity contribution in [2.75, 3.05) is 19.0 Å². The number of methoxy groups -OCH3 is 1. The van der Waals surface area contributed by atoms with Crippen LogP contribution in [0.3, 0.4) is 0 Å². The fraction of sp³-hybridized carbons (Fsp3) is 0.300. The third-order valence-corrected chi connectivity index (χ3v) is 4.34. The maximum atomic E-state index is 12.1. The van der Waals surface area contributed by atoms with Crippen LogP contribution in [0.1, 0.15) is 35.7 Å². The van der Waals surface area contributed by atoms with Crippen molar-refractivity contribution in [2.45, 2.75) is 26.7 Å². The lowest BCUT2D eigenvalue weighted by Gasteiger charge is -2.12. The topological polar surface area (TPSA) is 64.6 Å². The van der Waals surface area contributed by atoms with Crippen LogP contribution in [0.15, 0.2) is 40.9 Å². The van der Waals surface area contributed by atoms with Gasteiger partial charge in [0.15, 0.2) is 17.3 Å². The van der Waals surface area contributed by atoms with Crippen LogP contribution in [0.5, 0.6) is 11.5 Å². The zero-order chi connectivity index (χ0) is 19.1. The Balaban J connectivity index is 1.84. The molecule has 5 nitrogen and oxygen atoms in total. The number of ether oxygens (including phenoxy) is 2. The van der Waals surface area contributed by atoms with E-state index in [2.05, 4.69) is 21.2 Å². The highest BCUT2D eigenvalue weighted by Gasteiger charge is 2.09. The summed E-state index contributed by atoms with van der Waals surface area (Å²) in [6.45, 7) is 3.82. The number of aryl methyl sites for hydroxylation is 1. The first-order valence-electron chi connectivity index (χ1n) is 8.28. The molecule has 0 fully saturated rings. The largest absolute Gasteiger partial charge is 0.493 e. The van der Waals surface area contributed by atoms with Crippen LogP contribution in [-0.2, 0) is 4.79 Å². The van der Waals surface area contributed by atoms with Crippen molar-refractivity contribution < 1.29 is 19.1 Å². The zero-order valence-corrected chi connectivity index (χ0v) is 16.7. The number of amides is 1. The van der Waals surface area contributed by atoms with Gasteiger partial charge in [-0.25, -0.2) is 0 Å². The zero-order valence-electron chi connectivity index (χ0n) is 15.1. The third-order valence-electron chi connectivity index (χ3n) is 3.85. The van der Waals surface area contributed by atoms with Gasteiger partial charge in [0, 0.05) is 22.1 Å². The van der Waals surface area contributed by atoms with Crippen LogP contribution >= 0.6 is 15.9 Å². The van der Waals surface area contributed by atoms with Crippen molar-refractivity contribution in [1.82, 2.24) is 0 Å². The predicted octanol–water partition coefficient (Wildman–Crippen LogP) is 4.77. The van der Waals surface area contributed by atoms with Gasteiger partial charge in [-0.2, -0.15) is 0 Å². The first-order chi connectivity index (χ1) is 12.4. The number of anilines is 1. The molecule has 0 radical (unpaired) electrons. The monoisotopic (exact) mass is 419 g/mol. The molecular formula is C20H22BrNO4. The number of halogens is 1. The predicted molar refractivity (Wildman–Crippen MR) is 105 cm³/mol. The smallest absolute Gasteiger partial charge is 0.224 e. The number of Topliss-reactive ketones (excluding diaryl/α,β-unsaturated/α-hetero) is 1. The van der Waals surface area contributed by atoms with E-state index < -0.39 is 0 Å². The first kappa shape index (κ1) is 20.0. The fourth-order valence-electron chi connectivity index (χ4n) is 2.36. The fourth-order valence-corrected chi connectivity index (χ4v) is 2.72. The van der Waals surface area contributed by atoms with Crippen LogP contribution in [0, 0.1) is 6.92 Å². The molecule has 6 heteroatoms. The average Bonchev–Trinajstić information content (AvgIpc) is 2.61. The Morgan fingerprint density at radius 2 is 1.88 bits per heavy atom. The van der Waals surface area contributed by atoms with E-state index in [1.807, 2.05) is 25.1 Å². The quantitative estimate of drug-likeness (QED) is 0.494. The van der Waals surface area contributed by atoms with Crippen LogP contribution in [0.4, 0.5) is 5.69 Å². The maximum absolute atomic E-state index is 12.1. The van der Waals surface area contributed by atoms with E-state index in [9.17, 15) is 9.59 Å². The molecule has 0 saturated carbocycles. The van der Waals surface area contributed by atoms with E-state index in [1.54, 1.807) is 18.2 Å². The summed E-state index contributed by atoms with van der Waals surface area (Å²) in [5.41, 5.74) is 2.37. The molecule has 1 amide bonds. The molecule has 0 heterocycles. The molecule has 2 aromatic rings. The molecule has 1 N–H and O–H groups in total. The SMILES string of the molecule is COc1cc(C(C)=O)ccc1OCCCC(=O)Nc1cc(Br)ccc1C. The van der Waals surface area contributed by atoms with E-state index in [-0.39, 0.29) is 11.7 Å². The maximum Gasteiger partial charge on any atom is 0.224 e. The third kappa shape index (κ3) is 5.59. The number of carbonyl (C=O) groups excluding carboxylic acids is 2. The molecule has 2 aromatic carbocycles. The molecule has 0 saturated heterocycles. The van der Waals surface area contributed by atoms with Crippen LogP contribution in [0.2, 0.25) is 0 Å². The first-order valence-corrected chi connectivity index (χ1v) is 9.08. The van der Waals surface area contributed by atoms with Crippen molar-refractivity contribution in [1.29, 1.82) is 0 Å². The van der Waals surface area contributed by atoms with Gasteiger partial charge in [0.05, 0.1) is 13.7 Å². The average molecular weight is 420 g/mol. The highest BCUT2D eigenvalue weighted by atomic mass is 79.9. The molecule has 0 spiro atoms. The number of nitrogens with one attached hydrogen (secondary N) is 1.